The van der Waals surface area contributed by atoms with E-state index in [9.17, 15) is 9.18 Å². The zero-order valence-corrected chi connectivity index (χ0v) is 15.0. The van der Waals surface area contributed by atoms with Crippen LogP contribution < -0.4 is 15.4 Å². The van der Waals surface area contributed by atoms with Crippen LogP contribution in [0.2, 0.25) is 0 Å². The summed E-state index contributed by atoms with van der Waals surface area (Å²) >= 11 is 0. The van der Waals surface area contributed by atoms with E-state index >= 15 is 0 Å². The highest BCUT2D eigenvalue weighted by atomic mass is 19.1. The van der Waals surface area contributed by atoms with Crippen molar-refractivity contribution in [3.63, 3.8) is 0 Å². The van der Waals surface area contributed by atoms with Gasteiger partial charge in [-0.25, -0.2) is 9.18 Å². The van der Waals surface area contributed by atoms with E-state index < -0.39 is 0 Å². The molecule has 0 spiro atoms. The number of ether oxygens (including phenoxy) is 1. The van der Waals surface area contributed by atoms with Crippen LogP contribution in [0.25, 0.3) is 0 Å². The molecule has 0 aliphatic carbocycles. The van der Waals surface area contributed by atoms with Gasteiger partial charge in [-0.05, 0) is 61.6 Å². The standard InChI is InChI=1S/C20H25FN2O2/c1-14-4-5-15(2)19(16(14)3)25-13-12-23-20(24)22-11-10-17-6-8-18(21)9-7-17/h4-9H,10-13H2,1-3H3,(H2,22,23,24). The number of amides is 2. The molecular formula is C20H25FN2O2. The van der Waals surface area contributed by atoms with Gasteiger partial charge in [0.05, 0.1) is 6.54 Å². The highest BCUT2D eigenvalue weighted by molar-refractivity contribution is 5.73. The molecule has 0 atom stereocenters. The van der Waals surface area contributed by atoms with E-state index in [1.807, 2.05) is 19.9 Å². The number of hydrogen-bond donors (Lipinski definition) is 2. The summed E-state index contributed by atoms with van der Waals surface area (Å²) in [6, 6.07) is 10.1. The molecule has 0 unspecified atom stereocenters. The summed E-state index contributed by atoms with van der Waals surface area (Å²) in [5.41, 5.74) is 4.39. The summed E-state index contributed by atoms with van der Waals surface area (Å²) in [5.74, 6) is 0.632. The first kappa shape index (κ1) is 18.8. The summed E-state index contributed by atoms with van der Waals surface area (Å²) in [6.45, 7) is 7.43. The number of halogens is 1. The molecule has 2 amide bonds. The average molecular weight is 344 g/mol. The SMILES string of the molecule is Cc1ccc(C)c(OCCNC(=O)NCCc2ccc(F)cc2)c1C. The Labute approximate surface area is 148 Å². The second-order valence-electron chi connectivity index (χ2n) is 6.06. The molecule has 0 radical (unpaired) electrons. The number of carbonyl (C=O) groups excluding carboxylic acids is 1. The second-order valence-corrected chi connectivity index (χ2v) is 6.06. The maximum Gasteiger partial charge on any atom is 0.314 e. The zero-order valence-electron chi connectivity index (χ0n) is 15.0. The van der Waals surface area contributed by atoms with Crippen molar-refractivity contribution in [1.82, 2.24) is 10.6 Å². The topological polar surface area (TPSA) is 50.4 Å². The molecule has 0 fully saturated rings. The Kier molecular flexibility index (Phi) is 6.81. The van der Waals surface area contributed by atoms with E-state index in [4.69, 9.17) is 4.74 Å². The van der Waals surface area contributed by atoms with E-state index in [-0.39, 0.29) is 11.8 Å². The lowest BCUT2D eigenvalue weighted by molar-refractivity contribution is 0.236. The normalized spacial score (nSPS) is 10.4. The molecule has 0 aromatic heterocycles. The van der Waals surface area contributed by atoms with Crippen LogP contribution in [0.4, 0.5) is 9.18 Å². The van der Waals surface area contributed by atoms with E-state index in [2.05, 4.69) is 23.6 Å². The summed E-state index contributed by atoms with van der Waals surface area (Å²) in [7, 11) is 0. The molecule has 0 heterocycles. The van der Waals surface area contributed by atoms with E-state index in [1.54, 1.807) is 12.1 Å². The highest BCUT2D eigenvalue weighted by Gasteiger charge is 2.06. The van der Waals surface area contributed by atoms with Gasteiger partial charge in [-0.15, -0.1) is 0 Å². The van der Waals surface area contributed by atoms with Gasteiger partial charge >= 0.3 is 6.03 Å². The minimum atomic E-state index is -0.256. The number of nitrogens with one attached hydrogen (secondary N) is 2. The first-order valence-corrected chi connectivity index (χ1v) is 8.43. The summed E-state index contributed by atoms with van der Waals surface area (Å²) in [6.07, 6.45) is 0.659. The zero-order chi connectivity index (χ0) is 18.2. The number of carbonyl (C=O) groups is 1. The second kappa shape index (κ2) is 9.06. The van der Waals surface area contributed by atoms with Crippen LogP contribution in [0, 0.1) is 26.6 Å². The Hall–Kier alpha value is -2.56. The predicted octanol–water partition coefficient (Wildman–Crippen LogP) is 3.67. The third-order valence-corrected chi connectivity index (χ3v) is 4.12. The molecule has 2 aromatic rings. The molecule has 2 N–H and O–H groups in total. The van der Waals surface area contributed by atoms with Gasteiger partial charge in [0.2, 0.25) is 0 Å². The van der Waals surface area contributed by atoms with E-state index in [0.29, 0.717) is 26.1 Å². The fraction of sp³-hybridized carbons (Fsp3) is 0.350. The maximum absolute atomic E-state index is 12.8. The molecule has 5 heteroatoms. The Morgan fingerprint density at radius 2 is 1.60 bits per heavy atom. The lowest BCUT2D eigenvalue weighted by Gasteiger charge is -2.14. The van der Waals surface area contributed by atoms with Gasteiger partial charge < -0.3 is 15.4 Å². The molecule has 2 rings (SSSR count). The molecule has 25 heavy (non-hydrogen) atoms. The Bertz CT molecular complexity index is 714. The van der Waals surface area contributed by atoms with Crippen LogP contribution >= 0.6 is 0 Å². The number of urea groups is 1. The van der Waals surface area contributed by atoms with Crippen LogP contribution in [0.5, 0.6) is 5.75 Å². The van der Waals surface area contributed by atoms with Crippen LogP contribution in [0.3, 0.4) is 0 Å². The number of benzene rings is 2. The molecule has 0 aliphatic heterocycles. The number of hydrogen-bond acceptors (Lipinski definition) is 2. The van der Waals surface area contributed by atoms with Gasteiger partial charge in [0, 0.05) is 6.54 Å². The van der Waals surface area contributed by atoms with Crippen molar-refractivity contribution in [3.8, 4) is 5.75 Å². The van der Waals surface area contributed by atoms with Crippen LogP contribution in [0.15, 0.2) is 36.4 Å². The van der Waals surface area contributed by atoms with Gasteiger partial charge in [-0.2, -0.15) is 0 Å². The van der Waals surface area contributed by atoms with Gasteiger partial charge in [-0.3, -0.25) is 0 Å². The molecule has 0 saturated heterocycles. The lowest BCUT2D eigenvalue weighted by Crippen LogP contribution is -2.38. The minimum Gasteiger partial charge on any atom is -0.491 e. The highest BCUT2D eigenvalue weighted by Crippen LogP contribution is 2.25. The van der Waals surface area contributed by atoms with Gasteiger partial charge in [0.15, 0.2) is 0 Å². The molecule has 2 aromatic carbocycles. The van der Waals surface area contributed by atoms with Crippen molar-refractivity contribution < 1.29 is 13.9 Å². The Morgan fingerprint density at radius 3 is 2.32 bits per heavy atom. The monoisotopic (exact) mass is 344 g/mol. The molecule has 134 valence electrons. The maximum atomic E-state index is 12.8. The van der Waals surface area contributed by atoms with Crippen LogP contribution in [-0.2, 0) is 6.42 Å². The van der Waals surface area contributed by atoms with Crippen molar-refractivity contribution in [1.29, 1.82) is 0 Å². The Balaban J connectivity index is 1.66. The van der Waals surface area contributed by atoms with Crippen molar-refractivity contribution >= 4 is 6.03 Å². The first-order chi connectivity index (χ1) is 12.0. The lowest BCUT2D eigenvalue weighted by atomic mass is 10.1. The van der Waals surface area contributed by atoms with Crippen molar-refractivity contribution in [2.45, 2.75) is 27.2 Å². The molecule has 0 saturated carbocycles. The minimum absolute atomic E-state index is 0.233. The van der Waals surface area contributed by atoms with Crippen molar-refractivity contribution in [2.24, 2.45) is 0 Å². The molecule has 4 nitrogen and oxygen atoms in total. The molecule has 0 aliphatic rings. The van der Waals surface area contributed by atoms with Crippen molar-refractivity contribution in [2.75, 3.05) is 19.7 Å². The summed E-state index contributed by atoms with van der Waals surface area (Å²) < 4.78 is 18.6. The number of rotatable bonds is 7. The van der Waals surface area contributed by atoms with Gasteiger partial charge in [0.1, 0.15) is 18.2 Å². The molecule has 0 bridgehead atoms. The van der Waals surface area contributed by atoms with E-state index in [1.165, 1.54) is 17.7 Å². The third kappa shape index (κ3) is 5.78. The fourth-order valence-corrected chi connectivity index (χ4v) is 2.50. The Morgan fingerprint density at radius 1 is 0.960 bits per heavy atom. The smallest absolute Gasteiger partial charge is 0.314 e. The fourth-order valence-electron chi connectivity index (χ4n) is 2.50. The largest absolute Gasteiger partial charge is 0.491 e. The quantitative estimate of drug-likeness (QED) is 0.753. The number of aryl methyl sites for hydroxylation is 2. The van der Waals surface area contributed by atoms with E-state index in [0.717, 1.165) is 22.4 Å². The van der Waals surface area contributed by atoms with Crippen LogP contribution in [0.1, 0.15) is 22.3 Å². The summed E-state index contributed by atoms with van der Waals surface area (Å²) in [5, 5.41) is 5.54. The van der Waals surface area contributed by atoms with Gasteiger partial charge in [-0.1, -0.05) is 24.3 Å². The summed E-state index contributed by atoms with van der Waals surface area (Å²) in [4.78, 5) is 11.7. The van der Waals surface area contributed by atoms with Gasteiger partial charge in [0.25, 0.3) is 0 Å². The average Bonchev–Trinajstić information content (AvgIpc) is 2.59. The predicted molar refractivity (Wildman–Crippen MR) is 97.7 cm³/mol. The first-order valence-electron chi connectivity index (χ1n) is 8.43. The third-order valence-electron chi connectivity index (χ3n) is 4.12. The van der Waals surface area contributed by atoms with Crippen molar-refractivity contribution in [3.05, 3.63) is 64.5 Å². The molecular weight excluding hydrogens is 319 g/mol. The van der Waals surface area contributed by atoms with Crippen LogP contribution in [-0.4, -0.2) is 25.7 Å².